The second-order valence-electron chi connectivity index (χ2n) is 23.8. The standard InChI is InChI=1S/C66H91N7O14S/c1-43(2)70-56-35-50(34-54(55(56)37-67)58(76)16-15-53-45(4)32-44(3)33-59(53)77)48-17-20-72(21-18-48)61(79)41-87-31-29-85-28-30-86-40-51(74)10-9-22-82-24-26-84-27-25-83-23-19-60(78)71-63(66(6,7)8)65(81)73-39-52(75)36-57(73)64(80)68-38-47-11-13-49(14-12-47)62-46(5)69-42-88-62/h11-14,17,32,34-35,37,42-43,52,57,63,67,70,75H,9-10,15-16,18-31,33,36,38-41H2,1-8H3,(H,68,80)(H,71,78)/t52-,57+,63-/m1/s1. The third-order valence-corrected chi connectivity index (χ3v) is 16.2. The maximum atomic E-state index is 14.0. The van der Waals surface area contributed by atoms with Crippen LogP contribution >= 0.6 is 11.3 Å². The summed E-state index contributed by atoms with van der Waals surface area (Å²) >= 11 is 1.56. The fourth-order valence-electron chi connectivity index (χ4n) is 10.5. The maximum absolute atomic E-state index is 14.0. The fraction of sp³-hybridized carbons (Fsp3) is 0.561. The zero-order valence-electron chi connectivity index (χ0n) is 52.6. The lowest BCUT2D eigenvalue weighted by Crippen LogP contribution is -2.57. The van der Waals surface area contributed by atoms with Gasteiger partial charge in [-0.15, -0.1) is 11.3 Å². The van der Waals surface area contributed by atoms with Gasteiger partial charge in [0.15, 0.2) is 17.3 Å². The number of carbonyl (C=O) groups excluding carboxylic acids is 7. The third-order valence-electron chi connectivity index (χ3n) is 15.2. The molecule has 88 heavy (non-hydrogen) atoms. The number of aliphatic hydroxyl groups excluding tert-OH is 1. The summed E-state index contributed by atoms with van der Waals surface area (Å²) in [6.07, 6.45) is 6.66. The monoisotopic (exact) mass is 1240 g/mol. The molecular weight excluding hydrogens is 1150 g/mol. The number of carbonyl (C=O) groups is 7. The van der Waals surface area contributed by atoms with Gasteiger partial charge in [-0.05, 0) is 105 Å². The van der Waals surface area contributed by atoms with Crippen LogP contribution in [-0.4, -0.2) is 190 Å². The molecule has 3 aromatic rings. The van der Waals surface area contributed by atoms with Crippen molar-refractivity contribution in [3.05, 3.63) is 98.7 Å². The number of hydrogen-bond acceptors (Lipinski definition) is 18. The van der Waals surface area contributed by atoms with Crippen LogP contribution < -0.4 is 16.0 Å². The molecule has 0 saturated carbocycles. The van der Waals surface area contributed by atoms with Gasteiger partial charge in [-0.3, -0.25) is 33.6 Å². The van der Waals surface area contributed by atoms with Crippen LogP contribution in [0.3, 0.4) is 0 Å². The van der Waals surface area contributed by atoms with Crippen LogP contribution in [0.1, 0.15) is 133 Å². The fourth-order valence-corrected chi connectivity index (χ4v) is 11.4. The number of nitrogens with zero attached hydrogens (tertiary/aromatic N) is 3. The first-order chi connectivity index (χ1) is 42.1. The summed E-state index contributed by atoms with van der Waals surface area (Å²) in [6, 6.07) is 9.85. The van der Waals surface area contributed by atoms with E-state index in [-0.39, 0.29) is 133 Å². The summed E-state index contributed by atoms with van der Waals surface area (Å²) in [4.78, 5) is 101. The Morgan fingerprint density at radius 2 is 1.50 bits per heavy atom. The topological polar surface area (TPSA) is 274 Å². The van der Waals surface area contributed by atoms with Gasteiger partial charge < -0.3 is 64.7 Å². The molecule has 3 aliphatic rings. The molecule has 1 saturated heterocycles. The quantitative estimate of drug-likeness (QED) is 0.0214. The van der Waals surface area contributed by atoms with E-state index < -0.39 is 29.5 Å². The Labute approximate surface area is 521 Å². The van der Waals surface area contributed by atoms with Crippen molar-refractivity contribution in [2.45, 2.75) is 138 Å². The maximum Gasteiger partial charge on any atom is 0.248 e. The average Bonchev–Trinajstić information content (AvgIpc) is 2.59. The van der Waals surface area contributed by atoms with Crippen molar-refractivity contribution in [1.29, 1.82) is 5.41 Å². The van der Waals surface area contributed by atoms with E-state index in [0.717, 1.165) is 44.0 Å². The van der Waals surface area contributed by atoms with E-state index in [2.05, 4.69) is 20.9 Å². The van der Waals surface area contributed by atoms with Gasteiger partial charge in [0.2, 0.25) is 23.6 Å². The second-order valence-corrected chi connectivity index (χ2v) is 24.7. The molecule has 1 aromatic heterocycles. The van der Waals surface area contributed by atoms with Gasteiger partial charge in [-0.25, -0.2) is 4.98 Å². The highest BCUT2D eigenvalue weighted by atomic mass is 32.1. The number of likely N-dealkylation sites (tertiary alicyclic amines) is 1. The van der Waals surface area contributed by atoms with Gasteiger partial charge in [-0.1, -0.05) is 62.8 Å². The van der Waals surface area contributed by atoms with Gasteiger partial charge in [0.25, 0.3) is 0 Å². The number of allylic oxidation sites excluding steroid dienone is 4. The minimum atomic E-state index is -0.951. The number of aliphatic hydroxyl groups is 1. The first-order valence-electron chi connectivity index (χ1n) is 30.5. The summed E-state index contributed by atoms with van der Waals surface area (Å²) < 4.78 is 33.4. The highest BCUT2D eigenvalue weighted by molar-refractivity contribution is 7.13. The Balaban J connectivity index is 0.752. The molecule has 21 nitrogen and oxygen atoms in total. The minimum absolute atomic E-state index is 0.000991. The molecule has 0 spiro atoms. The number of rotatable bonds is 37. The van der Waals surface area contributed by atoms with Gasteiger partial charge in [0.1, 0.15) is 25.3 Å². The van der Waals surface area contributed by atoms with Crippen LogP contribution in [0.5, 0.6) is 0 Å². The molecule has 0 unspecified atom stereocenters. The number of ether oxygens (including phenoxy) is 6. The Kier molecular flexibility index (Phi) is 28.4. The number of hydrogen-bond donors (Lipinski definition) is 5. The van der Waals surface area contributed by atoms with E-state index in [9.17, 15) is 38.7 Å². The van der Waals surface area contributed by atoms with E-state index in [1.807, 2.05) is 104 Å². The molecule has 2 aromatic carbocycles. The number of amides is 4. The molecule has 6 rings (SSSR count). The van der Waals surface area contributed by atoms with Crippen molar-refractivity contribution < 1.29 is 67.1 Å². The molecule has 1 aliphatic carbocycles. The number of β-amino-alcohol motifs (C(OH)–C–C–N with tert-alkyl or cyclic N) is 1. The molecular formula is C66H91N7O14S. The van der Waals surface area contributed by atoms with Crippen molar-refractivity contribution >= 4 is 69.8 Å². The molecule has 3 atom stereocenters. The zero-order valence-corrected chi connectivity index (χ0v) is 53.4. The van der Waals surface area contributed by atoms with Crippen LogP contribution in [0.4, 0.5) is 5.69 Å². The van der Waals surface area contributed by atoms with E-state index in [1.165, 1.54) is 11.1 Å². The van der Waals surface area contributed by atoms with Crippen LogP contribution in [0.15, 0.2) is 70.8 Å². The summed E-state index contributed by atoms with van der Waals surface area (Å²) in [5.41, 5.74) is 10.1. The van der Waals surface area contributed by atoms with Crippen LogP contribution in [0, 0.1) is 17.7 Å². The summed E-state index contributed by atoms with van der Waals surface area (Å²) in [5, 5.41) is 27.9. The molecule has 2 aliphatic heterocycles. The summed E-state index contributed by atoms with van der Waals surface area (Å²) in [5.74, 6) is -1.49. The first-order valence-corrected chi connectivity index (χ1v) is 31.4. The van der Waals surface area contributed by atoms with Crippen LogP contribution in [0.2, 0.25) is 0 Å². The largest absolute Gasteiger partial charge is 0.391 e. The highest BCUT2D eigenvalue weighted by Crippen LogP contribution is 2.33. The Morgan fingerprint density at radius 1 is 0.841 bits per heavy atom. The predicted molar refractivity (Wildman–Crippen MR) is 337 cm³/mol. The normalized spacial score (nSPS) is 16.6. The summed E-state index contributed by atoms with van der Waals surface area (Å²) in [6.45, 7) is 18.8. The van der Waals surface area contributed by atoms with E-state index in [0.29, 0.717) is 87.4 Å². The number of thiazole rings is 1. The van der Waals surface area contributed by atoms with Gasteiger partial charge >= 0.3 is 0 Å². The SMILES string of the molecule is CC1=CC(C)=C(CCC(=O)c2cc(C3=CCN(C(=O)COCCOCCOCC(=O)CCCOCCOCCOCCC(=O)N[C@H](C(=O)N4C[C@H](O)C[C@H]4C(=O)NCc4ccc(-c5scnc5C)cc4)C(C)(C)C)CC3)cc(NC(C)C)c2C=N)C(=O)C1. The molecule has 480 valence electrons. The van der Waals surface area contributed by atoms with Gasteiger partial charge in [-0.2, -0.15) is 0 Å². The number of benzene rings is 2. The molecule has 22 heteroatoms. The predicted octanol–water partition coefficient (Wildman–Crippen LogP) is 7.40. The molecule has 0 bridgehead atoms. The smallest absolute Gasteiger partial charge is 0.248 e. The number of nitrogens with one attached hydrogen (secondary N) is 4. The first kappa shape index (κ1) is 70.5. The van der Waals surface area contributed by atoms with Crippen molar-refractivity contribution in [3.8, 4) is 10.4 Å². The lowest BCUT2D eigenvalue weighted by atomic mass is 9.85. The Hall–Kier alpha value is -6.63. The molecule has 3 heterocycles. The molecule has 4 amide bonds. The van der Waals surface area contributed by atoms with E-state index in [4.69, 9.17) is 33.8 Å². The zero-order chi connectivity index (χ0) is 63.8. The van der Waals surface area contributed by atoms with Crippen molar-refractivity contribution in [2.75, 3.05) is 104 Å². The lowest BCUT2D eigenvalue weighted by molar-refractivity contribution is -0.144. The number of anilines is 1. The lowest BCUT2D eigenvalue weighted by Gasteiger charge is -2.35. The summed E-state index contributed by atoms with van der Waals surface area (Å²) in [7, 11) is 0. The van der Waals surface area contributed by atoms with Crippen molar-refractivity contribution in [3.63, 3.8) is 0 Å². The molecule has 0 radical (unpaired) electrons. The van der Waals surface area contributed by atoms with Crippen molar-refractivity contribution in [1.82, 2.24) is 25.4 Å². The Bertz CT molecular complexity index is 2980. The van der Waals surface area contributed by atoms with E-state index in [1.54, 1.807) is 21.7 Å². The number of aromatic nitrogens is 1. The van der Waals surface area contributed by atoms with Crippen molar-refractivity contribution in [2.24, 2.45) is 5.41 Å². The average molecular weight is 1240 g/mol. The van der Waals surface area contributed by atoms with E-state index >= 15 is 0 Å². The minimum Gasteiger partial charge on any atom is -0.391 e. The van der Waals surface area contributed by atoms with Gasteiger partial charge in [0, 0.05) is 94.0 Å². The van der Waals surface area contributed by atoms with Crippen LogP contribution in [0.25, 0.3) is 16.0 Å². The number of aryl methyl sites for hydroxylation is 1. The molecule has 1 fully saturated rings. The Morgan fingerprint density at radius 3 is 2.11 bits per heavy atom. The van der Waals surface area contributed by atoms with Crippen LogP contribution in [-0.2, 0) is 63.7 Å². The second kappa shape index (κ2) is 35.5. The third kappa shape index (κ3) is 22.1. The van der Waals surface area contributed by atoms with Gasteiger partial charge in [0.05, 0.1) is 81.6 Å². The molecule has 5 N–H and O–H groups in total. The number of Topliss-reactive ketones (excluding diaryl/α,β-unsaturated/α-hetero) is 3. The number of ketones is 3. The highest BCUT2D eigenvalue weighted by Gasteiger charge is 2.44.